The van der Waals surface area contributed by atoms with Gasteiger partial charge >= 0.3 is 0 Å². The number of rotatable bonds is 10. The fourth-order valence-electron chi connectivity index (χ4n) is 3.19. The quantitative estimate of drug-likeness (QED) is 0.617. The molecule has 2 amide bonds. The Morgan fingerprint density at radius 3 is 2.23 bits per heavy atom. The molecule has 2 aromatic rings. The van der Waals surface area contributed by atoms with Crippen LogP contribution in [0.25, 0.3) is 0 Å². The Kier molecular flexibility index (Phi) is 9.03. The summed E-state index contributed by atoms with van der Waals surface area (Å²) < 4.78 is 14.2. The van der Waals surface area contributed by atoms with Crippen LogP contribution in [0.5, 0.6) is 0 Å². The van der Waals surface area contributed by atoms with Gasteiger partial charge in [-0.25, -0.2) is 4.39 Å². The highest BCUT2D eigenvalue weighted by atomic mass is 19.1. The molecular weight excluding hydrogens is 379 g/mol. The van der Waals surface area contributed by atoms with E-state index in [9.17, 15) is 14.0 Å². The number of nitrogens with zero attached hydrogens (tertiary/aromatic N) is 1. The molecule has 0 saturated heterocycles. The van der Waals surface area contributed by atoms with Crippen molar-refractivity contribution in [1.29, 1.82) is 0 Å². The Balaban J connectivity index is 2.14. The summed E-state index contributed by atoms with van der Waals surface area (Å²) in [6.45, 7) is 7.78. The first kappa shape index (κ1) is 23.6. The number of hydrogen-bond donors (Lipinski definition) is 1. The lowest BCUT2D eigenvalue weighted by atomic mass is 10.0. The van der Waals surface area contributed by atoms with Crippen LogP contribution in [0.1, 0.15) is 57.2 Å². The maximum atomic E-state index is 14.2. The van der Waals surface area contributed by atoms with Crippen LogP contribution in [-0.2, 0) is 29.0 Å². The zero-order valence-corrected chi connectivity index (χ0v) is 18.5. The van der Waals surface area contributed by atoms with Crippen LogP contribution in [0.15, 0.2) is 48.5 Å². The Morgan fingerprint density at radius 2 is 1.63 bits per heavy atom. The van der Waals surface area contributed by atoms with Gasteiger partial charge in [0.2, 0.25) is 11.8 Å². The average Bonchev–Trinajstić information content (AvgIpc) is 2.76. The first-order valence-corrected chi connectivity index (χ1v) is 10.8. The Morgan fingerprint density at radius 1 is 1.00 bits per heavy atom. The molecule has 0 unspecified atom stereocenters. The number of nitrogens with one attached hydrogen (secondary N) is 1. The van der Waals surface area contributed by atoms with Gasteiger partial charge in [-0.2, -0.15) is 0 Å². The maximum Gasteiger partial charge on any atom is 0.242 e. The molecule has 30 heavy (non-hydrogen) atoms. The van der Waals surface area contributed by atoms with Crippen molar-refractivity contribution in [3.05, 3.63) is 71.0 Å². The highest BCUT2D eigenvalue weighted by Crippen LogP contribution is 2.16. The molecule has 0 aliphatic carbocycles. The van der Waals surface area contributed by atoms with E-state index in [0.717, 1.165) is 18.4 Å². The van der Waals surface area contributed by atoms with Crippen LogP contribution in [-0.4, -0.2) is 28.8 Å². The van der Waals surface area contributed by atoms with Crippen LogP contribution in [0, 0.1) is 5.82 Å². The second-order valence-electron chi connectivity index (χ2n) is 7.78. The van der Waals surface area contributed by atoms with Crippen molar-refractivity contribution < 1.29 is 14.0 Å². The van der Waals surface area contributed by atoms with E-state index in [1.165, 1.54) is 16.5 Å². The first-order chi connectivity index (χ1) is 14.3. The smallest absolute Gasteiger partial charge is 0.242 e. The average molecular weight is 413 g/mol. The molecule has 0 fully saturated rings. The van der Waals surface area contributed by atoms with Crippen molar-refractivity contribution in [2.75, 3.05) is 0 Å². The molecule has 5 heteroatoms. The van der Waals surface area contributed by atoms with Gasteiger partial charge in [-0.3, -0.25) is 9.59 Å². The molecule has 2 aromatic carbocycles. The summed E-state index contributed by atoms with van der Waals surface area (Å²) in [6, 6.07) is 13.9. The number of carbonyl (C=O) groups is 2. The number of aryl methyl sites for hydroxylation is 2. The van der Waals surface area contributed by atoms with Crippen LogP contribution in [0.4, 0.5) is 4.39 Å². The first-order valence-electron chi connectivity index (χ1n) is 10.8. The van der Waals surface area contributed by atoms with E-state index >= 15 is 0 Å². The highest BCUT2D eigenvalue weighted by molar-refractivity contribution is 5.87. The van der Waals surface area contributed by atoms with Gasteiger partial charge in [-0.15, -0.1) is 0 Å². The minimum absolute atomic E-state index is 0.0162. The standard InChI is InChI=1S/C25H33FN2O2/c1-5-18(3)27-25(30)19(4)28(17-22-9-7-8-10-23(22)26)24(29)16-15-21-13-11-20(6-2)12-14-21/h7-14,18-19H,5-6,15-17H2,1-4H3,(H,27,30)/t18-,19+/m0/s1. The molecule has 4 nitrogen and oxygen atoms in total. The van der Waals surface area contributed by atoms with Crippen molar-refractivity contribution in [3.63, 3.8) is 0 Å². The molecule has 0 aromatic heterocycles. The summed E-state index contributed by atoms with van der Waals surface area (Å²) in [7, 11) is 0. The predicted octanol–water partition coefficient (Wildman–Crippen LogP) is 4.65. The summed E-state index contributed by atoms with van der Waals surface area (Å²) >= 11 is 0. The molecule has 0 spiro atoms. The number of hydrogen-bond acceptors (Lipinski definition) is 2. The van der Waals surface area contributed by atoms with Crippen LogP contribution >= 0.6 is 0 Å². The van der Waals surface area contributed by atoms with Crippen molar-refractivity contribution >= 4 is 11.8 Å². The topological polar surface area (TPSA) is 49.4 Å². The van der Waals surface area contributed by atoms with E-state index in [2.05, 4.69) is 24.4 Å². The number of carbonyl (C=O) groups excluding carboxylic acids is 2. The third-order valence-electron chi connectivity index (χ3n) is 5.53. The number of halogens is 1. The Bertz CT molecular complexity index is 835. The largest absolute Gasteiger partial charge is 0.352 e. The lowest BCUT2D eigenvalue weighted by Gasteiger charge is -2.30. The third-order valence-corrected chi connectivity index (χ3v) is 5.53. The van der Waals surface area contributed by atoms with Crippen LogP contribution < -0.4 is 5.32 Å². The fourth-order valence-corrected chi connectivity index (χ4v) is 3.19. The molecular formula is C25H33FN2O2. The SMILES string of the molecule is CCc1ccc(CCC(=O)N(Cc2ccccc2F)[C@H](C)C(=O)N[C@@H](C)CC)cc1. The van der Waals surface area contributed by atoms with E-state index in [1.807, 2.05) is 26.0 Å². The zero-order chi connectivity index (χ0) is 22.1. The minimum atomic E-state index is -0.687. The molecule has 0 bridgehead atoms. The summed E-state index contributed by atoms with van der Waals surface area (Å²) in [6.07, 6.45) is 2.61. The second-order valence-corrected chi connectivity index (χ2v) is 7.78. The molecule has 0 saturated carbocycles. The van der Waals surface area contributed by atoms with Gasteiger partial charge in [-0.1, -0.05) is 56.3 Å². The highest BCUT2D eigenvalue weighted by Gasteiger charge is 2.27. The zero-order valence-electron chi connectivity index (χ0n) is 18.5. The van der Waals surface area contributed by atoms with Gasteiger partial charge in [0.1, 0.15) is 11.9 Å². The van der Waals surface area contributed by atoms with Crippen molar-refractivity contribution in [2.45, 2.75) is 72.0 Å². The lowest BCUT2D eigenvalue weighted by Crippen LogP contribution is -2.49. The van der Waals surface area contributed by atoms with Gasteiger partial charge in [0, 0.05) is 24.6 Å². The van der Waals surface area contributed by atoms with E-state index in [1.54, 1.807) is 25.1 Å². The normalized spacial score (nSPS) is 12.8. The van der Waals surface area contributed by atoms with Gasteiger partial charge in [0.15, 0.2) is 0 Å². The van der Waals surface area contributed by atoms with Crippen molar-refractivity contribution in [3.8, 4) is 0 Å². The van der Waals surface area contributed by atoms with Gasteiger partial charge in [0.25, 0.3) is 0 Å². The van der Waals surface area contributed by atoms with Crippen LogP contribution in [0.3, 0.4) is 0 Å². The fraction of sp³-hybridized carbons (Fsp3) is 0.440. The third kappa shape index (κ3) is 6.68. The second kappa shape index (κ2) is 11.5. The van der Waals surface area contributed by atoms with Gasteiger partial charge in [0.05, 0.1) is 0 Å². The lowest BCUT2D eigenvalue weighted by molar-refractivity contribution is -0.140. The minimum Gasteiger partial charge on any atom is -0.352 e. The summed E-state index contributed by atoms with van der Waals surface area (Å²) in [4.78, 5) is 27.2. The molecule has 0 heterocycles. The molecule has 0 aliphatic rings. The molecule has 162 valence electrons. The summed E-state index contributed by atoms with van der Waals surface area (Å²) in [5.41, 5.74) is 2.73. The van der Waals surface area contributed by atoms with Crippen molar-refractivity contribution in [1.82, 2.24) is 10.2 Å². The molecule has 1 N–H and O–H groups in total. The molecule has 2 rings (SSSR count). The molecule has 0 aliphatic heterocycles. The Labute approximate surface area is 179 Å². The summed E-state index contributed by atoms with van der Waals surface area (Å²) in [5, 5.41) is 2.92. The van der Waals surface area contributed by atoms with E-state index in [4.69, 9.17) is 0 Å². The number of benzene rings is 2. The van der Waals surface area contributed by atoms with E-state index in [0.29, 0.717) is 12.0 Å². The predicted molar refractivity (Wildman–Crippen MR) is 118 cm³/mol. The van der Waals surface area contributed by atoms with E-state index in [-0.39, 0.29) is 36.6 Å². The number of amides is 2. The molecule has 0 radical (unpaired) electrons. The monoisotopic (exact) mass is 412 g/mol. The summed E-state index contributed by atoms with van der Waals surface area (Å²) in [5.74, 6) is -0.758. The van der Waals surface area contributed by atoms with E-state index < -0.39 is 6.04 Å². The molecule has 2 atom stereocenters. The van der Waals surface area contributed by atoms with Gasteiger partial charge in [-0.05, 0) is 50.3 Å². The Hall–Kier alpha value is -2.69. The maximum absolute atomic E-state index is 14.2. The van der Waals surface area contributed by atoms with Crippen LogP contribution in [0.2, 0.25) is 0 Å². The van der Waals surface area contributed by atoms with Crippen molar-refractivity contribution in [2.24, 2.45) is 0 Å². The van der Waals surface area contributed by atoms with Gasteiger partial charge < -0.3 is 10.2 Å².